The standard InChI is InChI=1S/C24H52NO8P/c1-5-6-7-8-9-11-15-30-18-14-19-31-16-12-10-13-17-32-22-24(26)20-23(25(2,3)4)21-33-34(27,28)29/h23-24,26H,5-22H2,1-4H3,(H-,27,28,29)/p+1. The number of rotatable bonds is 25. The molecule has 0 aliphatic rings. The molecule has 0 fully saturated rings. The van der Waals surface area contributed by atoms with E-state index in [1.54, 1.807) is 0 Å². The van der Waals surface area contributed by atoms with Crippen molar-refractivity contribution in [3.05, 3.63) is 0 Å². The van der Waals surface area contributed by atoms with Crippen molar-refractivity contribution in [2.45, 2.75) is 89.7 Å². The number of quaternary nitrogens is 1. The van der Waals surface area contributed by atoms with E-state index in [-0.39, 0.29) is 19.3 Å². The van der Waals surface area contributed by atoms with Crippen LogP contribution in [0.4, 0.5) is 0 Å². The van der Waals surface area contributed by atoms with Gasteiger partial charge in [0, 0.05) is 39.5 Å². The summed E-state index contributed by atoms with van der Waals surface area (Å²) in [6.45, 7) is 5.97. The average Bonchev–Trinajstić information content (AvgIpc) is 2.74. The second kappa shape index (κ2) is 21.0. The molecule has 0 aliphatic heterocycles. The van der Waals surface area contributed by atoms with Crippen LogP contribution in [0.15, 0.2) is 0 Å². The van der Waals surface area contributed by atoms with Crippen molar-refractivity contribution in [3.63, 3.8) is 0 Å². The van der Waals surface area contributed by atoms with Crippen LogP contribution in [0.2, 0.25) is 0 Å². The molecule has 34 heavy (non-hydrogen) atoms. The zero-order valence-electron chi connectivity index (χ0n) is 22.2. The van der Waals surface area contributed by atoms with Gasteiger partial charge in [-0.15, -0.1) is 0 Å². The number of ether oxygens (including phenoxy) is 3. The molecule has 0 aliphatic carbocycles. The molecular weight excluding hydrogens is 461 g/mol. The summed E-state index contributed by atoms with van der Waals surface area (Å²) in [4.78, 5) is 17.8. The predicted octanol–water partition coefficient (Wildman–Crippen LogP) is 3.89. The van der Waals surface area contributed by atoms with Crippen LogP contribution in [0, 0.1) is 0 Å². The molecular formula is C24H53NO8P+. The lowest BCUT2D eigenvalue weighted by Crippen LogP contribution is -2.49. The fraction of sp³-hybridized carbons (Fsp3) is 1.00. The SMILES string of the molecule is CCCCCCCCOCCCOCCCCCOCC(O)CC(COP(=O)(O)O)[N+](C)(C)C. The third-order valence-electron chi connectivity index (χ3n) is 5.68. The molecule has 0 aromatic heterocycles. The minimum absolute atomic E-state index is 0.129. The molecule has 0 saturated carbocycles. The molecule has 0 rings (SSSR count). The van der Waals surface area contributed by atoms with E-state index in [0.29, 0.717) is 17.5 Å². The van der Waals surface area contributed by atoms with E-state index in [2.05, 4.69) is 11.4 Å². The van der Waals surface area contributed by atoms with E-state index in [1.165, 1.54) is 32.1 Å². The highest BCUT2D eigenvalue weighted by atomic mass is 31.2. The van der Waals surface area contributed by atoms with Gasteiger partial charge in [0.05, 0.1) is 33.9 Å². The molecule has 9 nitrogen and oxygen atoms in total. The predicted molar refractivity (Wildman–Crippen MR) is 135 cm³/mol. The highest BCUT2D eigenvalue weighted by Gasteiger charge is 2.30. The van der Waals surface area contributed by atoms with Crippen LogP contribution in [0.25, 0.3) is 0 Å². The fourth-order valence-corrected chi connectivity index (χ4v) is 3.80. The summed E-state index contributed by atoms with van der Waals surface area (Å²) in [5, 5.41) is 10.2. The van der Waals surface area contributed by atoms with Gasteiger partial charge in [0.1, 0.15) is 12.6 Å². The topological polar surface area (TPSA) is 115 Å². The van der Waals surface area contributed by atoms with E-state index in [9.17, 15) is 9.67 Å². The lowest BCUT2D eigenvalue weighted by atomic mass is 10.1. The molecule has 0 heterocycles. The summed E-state index contributed by atoms with van der Waals surface area (Å²) in [5.41, 5.74) is 0. The van der Waals surface area contributed by atoms with Gasteiger partial charge in [-0.25, -0.2) is 4.57 Å². The number of aliphatic hydroxyl groups excluding tert-OH is 1. The van der Waals surface area contributed by atoms with E-state index >= 15 is 0 Å². The van der Waals surface area contributed by atoms with Crippen LogP contribution in [0.3, 0.4) is 0 Å². The monoisotopic (exact) mass is 514 g/mol. The Kier molecular flexibility index (Phi) is 21.0. The van der Waals surface area contributed by atoms with Crippen molar-refractivity contribution in [1.29, 1.82) is 0 Å². The molecule has 10 heteroatoms. The van der Waals surface area contributed by atoms with Gasteiger partial charge in [-0.1, -0.05) is 39.0 Å². The molecule has 0 aromatic carbocycles. The highest BCUT2D eigenvalue weighted by molar-refractivity contribution is 7.46. The smallest absolute Gasteiger partial charge is 0.390 e. The Balaban J connectivity index is 3.54. The van der Waals surface area contributed by atoms with Crippen LogP contribution in [-0.2, 0) is 23.3 Å². The van der Waals surface area contributed by atoms with Gasteiger partial charge in [0.2, 0.25) is 0 Å². The van der Waals surface area contributed by atoms with Gasteiger partial charge in [0.15, 0.2) is 0 Å². The van der Waals surface area contributed by atoms with Gasteiger partial charge in [0.25, 0.3) is 0 Å². The number of likely N-dealkylation sites (N-methyl/N-ethyl adjacent to an activating group) is 1. The summed E-state index contributed by atoms with van der Waals surface area (Å²) < 4.78 is 32.9. The lowest BCUT2D eigenvalue weighted by molar-refractivity contribution is -0.897. The lowest BCUT2D eigenvalue weighted by Gasteiger charge is -2.35. The van der Waals surface area contributed by atoms with Crippen molar-refractivity contribution >= 4 is 7.82 Å². The third kappa shape index (κ3) is 23.6. The fourth-order valence-electron chi connectivity index (χ4n) is 3.43. The second-order valence-corrected chi connectivity index (χ2v) is 11.2. The molecule has 3 N–H and O–H groups in total. The van der Waals surface area contributed by atoms with Crippen molar-refractivity contribution < 1.29 is 42.7 Å². The van der Waals surface area contributed by atoms with Gasteiger partial charge in [-0.3, -0.25) is 4.52 Å². The van der Waals surface area contributed by atoms with E-state index in [4.69, 9.17) is 24.0 Å². The summed E-state index contributed by atoms with van der Waals surface area (Å²) >= 11 is 0. The molecule has 2 atom stereocenters. The summed E-state index contributed by atoms with van der Waals surface area (Å²) in [6.07, 6.45) is 11.2. The molecule has 0 saturated heterocycles. The Morgan fingerprint density at radius 2 is 1.18 bits per heavy atom. The number of unbranched alkanes of at least 4 members (excludes halogenated alkanes) is 7. The largest absolute Gasteiger partial charge is 0.469 e. The van der Waals surface area contributed by atoms with Crippen LogP contribution in [-0.4, -0.2) is 98.9 Å². The molecule has 0 spiro atoms. The molecule has 0 amide bonds. The number of phosphoric ester groups is 1. The van der Waals surface area contributed by atoms with Gasteiger partial charge in [-0.2, -0.15) is 0 Å². The molecule has 2 unspecified atom stereocenters. The first-order chi connectivity index (χ1) is 16.1. The maximum atomic E-state index is 11.0. The van der Waals surface area contributed by atoms with Gasteiger partial charge < -0.3 is 33.6 Å². The van der Waals surface area contributed by atoms with Crippen LogP contribution < -0.4 is 0 Å². The Hall–Kier alpha value is -0.0900. The molecule has 0 radical (unpaired) electrons. The Labute approximate surface area is 207 Å². The zero-order valence-corrected chi connectivity index (χ0v) is 23.1. The van der Waals surface area contributed by atoms with Crippen molar-refractivity contribution in [2.75, 3.05) is 67.4 Å². The number of phosphoric acid groups is 1. The summed E-state index contributed by atoms with van der Waals surface area (Å²) in [7, 11) is 1.16. The normalized spacial score (nSPS) is 14.4. The van der Waals surface area contributed by atoms with E-state index in [0.717, 1.165) is 58.5 Å². The first kappa shape index (κ1) is 33.9. The quantitative estimate of drug-likeness (QED) is 0.0955. The van der Waals surface area contributed by atoms with Gasteiger partial charge >= 0.3 is 7.82 Å². The molecule has 206 valence electrons. The Bertz CT molecular complexity index is 498. The number of hydrogen-bond donors (Lipinski definition) is 3. The third-order valence-corrected chi connectivity index (χ3v) is 6.17. The summed E-state index contributed by atoms with van der Waals surface area (Å²) in [6, 6.07) is -0.260. The van der Waals surface area contributed by atoms with Crippen molar-refractivity contribution in [1.82, 2.24) is 0 Å². The van der Waals surface area contributed by atoms with Crippen molar-refractivity contribution in [3.8, 4) is 0 Å². The molecule has 0 aromatic rings. The average molecular weight is 515 g/mol. The number of aliphatic hydroxyl groups is 1. The summed E-state index contributed by atoms with van der Waals surface area (Å²) in [5.74, 6) is 0. The van der Waals surface area contributed by atoms with Crippen LogP contribution in [0.1, 0.15) is 77.6 Å². The second-order valence-electron chi connectivity index (χ2n) is 9.93. The van der Waals surface area contributed by atoms with E-state index in [1.807, 2.05) is 21.1 Å². The van der Waals surface area contributed by atoms with Gasteiger partial charge in [-0.05, 0) is 32.1 Å². The van der Waals surface area contributed by atoms with Crippen LogP contribution >= 0.6 is 7.82 Å². The molecule has 0 bridgehead atoms. The van der Waals surface area contributed by atoms with Crippen LogP contribution in [0.5, 0.6) is 0 Å². The Morgan fingerprint density at radius 1 is 0.706 bits per heavy atom. The maximum Gasteiger partial charge on any atom is 0.469 e. The van der Waals surface area contributed by atoms with Crippen molar-refractivity contribution in [2.24, 2.45) is 0 Å². The first-order valence-corrected chi connectivity index (χ1v) is 14.5. The highest BCUT2D eigenvalue weighted by Crippen LogP contribution is 2.36. The number of hydrogen-bond acceptors (Lipinski definition) is 6. The first-order valence-electron chi connectivity index (χ1n) is 13.0. The minimum atomic E-state index is -4.53. The maximum absolute atomic E-state index is 11.0. The minimum Gasteiger partial charge on any atom is -0.390 e. The zero-order chi connectivity index (χ0) is 25.7. The Morgan fingerprint density at radius 3 is 1.71 bits per heavy atom. The number of nitrogens with zero attached hydrogens (tertiary/aromatic N) is 1. The van der Waals surface area contributed by atoms with E-state index < -0.39 is 13.9 Å².